The van der Waals surface area contributed by atoms with Crippen LogP contribution in [0.1, 0.15) is 24.0 Å². The summed E-state index contributed by atoms with van der Waals surface area (Å²) in [7, 11) is 3.26. The summed E-state index contributed by atoms with van der Waals surface area (Å²) in [4.78, 5) is 8.83. The molecule has 1 N–H and O–H groups in total. The molecule has 0 amide bonds. The minimum Gasteiger partial charge on any atom is -0.493 e. The van der Waals surface area contributed by atoms with Crippen molar-refractivity contribution in [1.82, 2.24) is 9.97 Å². The first-order valence-electron chi connectivity index (χ1n) is 8.54. The van der Waals surface area contributed by atoms with Gasteiger partial charge in [-0.2, -0.15) is 0 Å². The maximum atomic E-state index is 5.43. The normalized spacial score (nSPS) is 12.8. The van der Waals surface area contributed by atoms with E-state index in [4.69, 9.17) is 9.47 Å². The van der Waals surface area contributed by atoms with E-state index < -0.39 is 0 Å². The lowest BCUT2D eigenvalue weighted by molar-refractivity contribution is 0.356. The lowest BCUT2D eigenvalue weighted by atomic mass is 9.90. The fraction of sp³-hybridized carbons (Fsp3) is 0.300. The van der Waals surface area contributed by atoms with Crippen LogP contribution in [0.3, 0.4) is 0 Å². The van der Waals surface area contributed by atoms with Crippen molar-refractivity contribution in [2.45, 2.75) is 25.7 Å². The number of methoxy groups -OCH3 is 2. The molecule has 3 aromatic rings. The Morgan fingerprint density at radius 1 is 0.962 bits per heavy atom. The molecule has 26 heavy (non-hydrogen) atoms. The number of rotatable bonds is 4. The summed E-state index contributed by atoms with van der Waals surface area (Å²) >= 11 is 0. The summed E-state index contributed by atoms with van der Waals surface area (Å²) in [5.41, 5.74) is 4.79. The van der Waals surface area contributed by atoms with Crippen molar-refractivity contribution in [1.29, 1.82) is 0 Å². The summed E-state index contributed by atoms with van der Waals surface area (Å²) in [5.74, 6) is 2.12. The molecule has 1 aliphatic carbocycles. The molecule has 1 heterocycles. The van der Waals surface area contributed by atoms with Crippen LogP contribution in [0.15, 0.2) is 36.7 Å². The number of fused-ring (bicyclic) bond motifs is 2. The Bertz CT molecular complexity index is 930. The van der Waals surface area contributed by atoms with Crippen LogP contribution in [0.4, 0.5) is 11.5 Å². The van der Waals surface area contributed by atoms with Gasteiger partial charge in [0.2, 0.25) is 0 Å². The van der Waals surface area contributed by atoms with Gasteiger partial charge in [0.1, 0.15) is 12.1 Å². The number of halogens is 1. The maximum absolute atomic E-state index is 5.43. The number of hydrogen-bond donors (Lipinski definition) is 1. The zero-order valence-corrected chi connectivity index (χ0v) is 15.7. The zero-order chi connectivity index (χ0) is 17.2. The number of benzene rings is 2. The fourth-order valence-corrected chi connectivity index (χ4v) is 3.51. The van der Waals surface area contributed by atoms with E-state index in [-0.39, 0.29) is 12.4 Å². The molecular weight excluding hydrogens is 350 g/mol. The molecule has 2 aromatic carbocycles. The maximum Gasteiger partial charge on any atom is 0.162 e. The molecule has 4 rings (SSSR count). The van der Waals surface area contributed by atoms with Crippen LogP contribution in [0.2, 0.25) is 0 Å². The van der Waals surface area contributed by atoms with Crippen LogP contribution in [-0.2, 0) is 12.8 Å². The summed E-state index contributed by atoms with van der Waals surface area (Å²) in [5, 5.41) is 4.43. The molecule has 136 valence electrons. The van der Waals surface area contributed by atoms with Gasteiger partial charge < -0.3 is 14.8 Å². The van der Waals surface area contributed by atoms with Gasteiger partial charge in [0.05, 0.1) is 19.7 Å². The highest BCUT2D eigenvalue weighted by Crippen LogP contribution is 2.36. The van der Waals surface area contributed by atoms with Crippen molar-refractivity contribution in [3.8, 4) is 11.5 Å². The fourth-order valence-electron chi connectivity index (χ4n) is 3.51. The number of nitrogens with one attached hydrogen (secondary N) is 1. The van der Waals surface area contributed by atoms with E-state index in [9.17, 15) is 0 Å². The molecule has 0 spiro atoms. The molecule has 0 atom stereocenters. The topological polar surface area (TPSA) is 56.3 Å². The van der Waals surface area contributed by atoms with E-state index in [1.807, 2.05) is 12.1 Å². The summed E-state index contributed by atoms with van der Waals surface area (Å²) in [6.07, 6.45) is 6.34. The van der Waals surface area contributed by atoms with Crippen LogP contribution >= 0.6 is 12.4 Å². The molecule has 1 aliphatic rings. The second-order valence-corrected chi connectivity index (χ2v) is 6.22. The monoisotopic (exact) mass is 371 g/mol. The third kappa shape index (κ3) is 3.27. The molecular formula is C20H22ClN3O2. The van der Waals surface area contributed by atoms with Gasteiger partial charge in [0.15, 0.2) is 11.5 Å². The summed E-state index contributed by atoms with van der Waals surface area (Å²) < 4.78 is 10.8. The second-order valence-electron chi connectivity index (χ2n) is 6.22. The number of aromatic nitrogens is 2. The first kappa shape index (κ1) is 18.3. The number of anilines is 2. The van der Waals surface area contributed by atoms with Gasteiger partial charge >= 0.3 is 0 Å². The molecule has 6 heteroatoms. The van der Waals surface area contributed by atoms with Crippen LogP contribution < -0.4 is 14.8 Å². The van der Waals surface area contributed by atoms with Crippen molar-refractivity contribution in [3.63, 3.8) is 0 Å². The Labute approximate surface area is 159 Å². The minimum absolute atomic E-state index is 0. The highest BCUT2D eigenvalue weighted by atomic mass is 35.5. The van der Waals surface area contributed by atoms with E-state index in [2.05, 4.69) is 33.5 Å². The van der Waals surface area contributed by atoms with Crippen molar-refractivity contribution in [3.05, 3.63) is 47.8 Å². The van der Waals surface area contributed by atoms with Gasteiger partial charge in [-0.15, -0.1) is 12.4 Å². The quantitative estimate of drug-likeness (QED) is 0.720. The van der Waals surface area contributed by atoms with Crippen molar-refractivity contribution < 1.29 is 9.47 Å². The van der Waals surface area contributed by atoms with E-state index in [1.165, 1.54) is 24.0 Å². The van der Waals surface area contributed by atoms with E-state index in [0.29, 0.717) is 11.5 Å². The first-order valence-corrected chi connectivity index (χ1v) is 8.54. The Balaban J connectivity index is 0.00000196. The standard InChI is InChI=1S/C20H21N3O2.ClH/c1-24-18-10-15-17(11-19(18)25-2)21-12-22-20(15)23-16-9-5-7-13-6-3-4-8-14(13)16;/h5,7,9-12H,3-4,6,8H2,1-2H3,(H,21,22,23);1H. The van der Waals surface area contributed by atoms with Gasteiger partial charge in [-0.25, -0.2) is 9.97 Å². The molecule has 0 saturated carbocycles. The van der Waals surface area contributed by atoms with Gasteiger partial charge in [-0.1, -0.05) is 12.1 Å². The van der Waals surface area contributed by atoms with Gasteiger partial charge in [-0.05, 0) is 48.9 Å². The minimum atomic E-state index is 0. The Morgan fingerprint density at radius 3 is 2.54 bits per heavy atom. The smallest absolute Gasteiger partial charge is 0.162 e. The molecule has 0 saturated heterocycles. The molecule has 0 radical (unpaired) electrons. The summed E-state index contributed by atoms with van der Waals surface area (Å²) in [6, 6.07) is 10.3. The predicted molar refractivity (Wildman–Crippen MR) is 106 cm³/mol. The zero-order valence-electron chi connectivity index (χ0n) is 14.9. The van der Waals surface area contributed by atoms with Gasteiger partial charge in [-0.3, -0.25) is 0 Å². The van der Waals surface area contributed by atoms with Crippen LogP contribution in [-0.4, -0.2) is 24.2 Å². The van der Waals surface area contributed by atoms with Gasteiger partial charge in [0, 0.05) is 17.1 Å². The molecule has 1 aromatic heterocycles. The molecule has 0 unspecified atom stereocenters. The molecule has 5 nitrogen and oxygen atoms in total. The van der Waals surface area contributed by atoms with E-state index >= 15 is 0 Å². The number of hydrogen-bond acceptors (Lipinski definition) is 5. The number of ether oxygens (including phenoxy) is 2. The van der Waals surface area contributed by atoms with Crippen LogP contribution in [0.5, 0.6) is 11.5 Å². The number of nitrogens with zero attached hydrogens (tertiary/aromatic N) is 2. The summed E-state index contributed by atoms with van der Waals surface area (Å²) in [6.45, 7) is 0. The van der Waals surface area contributed by atoms with Crippen molar-refractivity contribution in [2.75, 3.05) is 19.5 Å². The van der Waals surface area contributed by atoms with Crippen molar-refractivity contribution >= 4 is 34.8 Å². The number of aryl methyl sites for hydroxylation is 1. The molecule has 0 bridgehead atoms. The Kier molecular flexibility index (Phi) is 5.47. The third-order valence-electron chi connectivity index (χ3n) is 4.79. The van der Waals surface area contributed by atoms with Crippen LogP contribution in [0.25, 0.3) is 10.9 Å². The third-order valence-corrected chi connectivity index (χ3v) is 4.79. The average Bonchev–Trinajstić information content (AvgIpc) is 2.67. The Hall–Kier alpha value is -2.53. The van der Waals surface area contributed by atoms with Crippen LogP contribution in [0, 0.1) is 0 Å². The van der Waals surface area contributed by atoms with Gasteiger partial charge in [0.25, 0.3) is 0 Å². The highest BCUT2D eigenvalue weighted by molar-refractivity contribution is 5.93. The SMILES string of the molecule is COc1cc2ncnc(Nc3cccc4c3CCCC4)c2cc1OC.Cl. The van der Waals surface area contributed by atoms with E-state index in [1.54, 1.807) is 20.5 Å². The second kappa shape index (κ2) is 7.79. The molecule has 0 aliphatic heterocycles. The lowest BCUT2D eigenvalue weighted by Crippen LogP contribution is -2.07. The highest BCUT2D eigenvalue weighted by Gasteiger charge is 2.15. The average molecular weight is 372 g/mol. The predicted octanol–water partition coefficient (Wildman–Crippen LogP) is 4.69. The van der Waals surface area contributed by atoms with Crippen molar-refractivity contribution in [2.24, 2.45) is 0 Å². The first-order chi connectivity index (χ1) is 12.3. The molecule has 0 fully saturated rings. The van der Waals surface area contributed by atoms with E-state index in [0.717, 1.165) is 35.2 Å². The Morgan fingerprint density at radius 2 is 1.73 bits per heavy atom. The largest absolute Gasteiger partial charge is 0.493 e. The lowest BCUT2D eigenvalue weighted by Gasteiger charge is -2.20.